The van der Waals surface area contributed by atoms with Crippen molar-refractivity contribution in [2.24, 2.45) is 0 Å². The summed E-state index contributed by atoms with van der Waals surface area (Å²) >= 11 is 0. The first kappa shape index (κ1) is 52.3. The number of amides is 1. The molecule has 0 aliphatic carbocycles. The highest BCUT2D eigenvalue weighted by molar-refractivity contribution is 7.92. The van der Waals surface area contributed by atoms with Crippen LogP contribution in [0.4, 0.5) is 5.95 Å². The molecule has 1 amide bonds. The number of rotatable bonds is 34. The lowest BCUT2D eigenvalue weighted by Gasteiger charge is -2.19. The lowest BCUT2D eigenvalue weighted by Crippen LogP contribution is -2.28. The number of carbonyl (C=O) groups excluding carboxylic acids is 3. The molecule has 0 aliphatic heterocycles. The first-order chi connectivity index (χ1) is 30.2. The molecular formula is C45H64N4O13S. The fourth-order valence-electron chi connectivity index (χ4n) is 5.80. The van der Waals surface area contributed by atoms with Crippen molar-refractivity contribution in [1.82, 2.24) is 15.3 Å². The highest BCUT2D eigenvalue weighted by Crippen LogP contribution is 2.19. The monoisotopic (exact) mass is 900 g/mol. The van der Waals surface area contributed by atoms with Gasteiger partial charge in [-0.1, -0.05) is 56.4 Å². The van der Waals surface area contributed by atoms with Gasteiger partial charge in [0, 0.05) is 38.4 Å². The van der Waals surface area contributed by atoms with Gasteiger partial charge in [-0.15, -0.1) is 0 Å². The molecule has 348 valence electrons. The molecule has 1 aromatic heterocycles. The summed E-state index contributed by atoms with van der Waals surface area (Å²) in [5, 5.41) is 11.1. The minimum absolute atomic E-state index is 0.0114. The summed E-state index contributed by atoms with van der Waals surface area (Å²) in [6.45, 7) is 7.05. The van der Waals surface area contributed by atoms with E-state index < -0.39 is 27.5 Å². The lowest BCUT2D eigenvalue weighted by molar-refractivity contribution is -0.155. The molecule has 0 bridgehead atoms. The van der Waals surface area contributed by atoms with Crippen LogP contribution in [0.1, 0.15) is 106 Å². The third-order valence-corrected chi connectivity index (χ3v) is 10.3. The van der Waals surface area contributed by atoms with Crippen LogP contribution in [0.3, 0.4) is 0 Å². The number of aliphatic carboxylic acids is 1. The number of hydrogen-bond acceptors (Lipinski definition) is 14. The van der Waals surface area contributed by atoms with E-state index in [1.165, 1.54) is 42.9 Å². The van der Waals surface area contributed by atoms with Crippen LogP contribution in [0.15, 0.2) is 65.8 Å². The zero-order valence-corrected chi connectivity index (χ0v) is 37.6. The Bertz CT molecular complexity index is 1910. The van der Waals surface area contributed by atoms with Gasteiger partial charge in [-0.2, -0.15) is 0 Å². The number of ketones is 1. The third kappa shape index (κ3) is 24.4. The van der Waals surface area contributed by atoms with E-state index in [-0.39, 0.29) is 94.0 Å². The molecule has 0 spiro atoms. The quantitative estimate of drug-likeness (QED) is 0.0455. The number of aromatic nitrogens is 2. The highest BCUT2D eigenvalue weighted by atomic mass is 32.2. The van der Waals surface area contributed by atoms with Gasteiger partial charge in [0.1, 0.15) is 31.2 Å². The number of carboxylic acids is 1. The van der Waals surface area contributed by atoms with Gasteiger partial charge < -0.3 is 38.8 Å². The SMILES string of the molecule is CC(C)(C)OC(=O)CCCCCCCCCc1ccc(OCc2ccc(S(=O)(=O)Nc3ncc(C(=O)NCCOCCOCC(=O)CCCOCCOCC(=O)O)cn3)cc2)cc1. The molecule has 0 aliphatic rings. The minimum Gasteiger partial charge on any atom is -0.489 e. The van der Waals surface area contributed by atoms with E-state index in [1.54, 1.807) is 12.1 Å². The summed E-state index contributed by atoms with van der Waals surface area (Å²) in [5.74, 6) is -1.19. The summed E-state index contributed by atoms with van der Waals surface area (Å²) in [6.07, 6.45) is 12.4. The van der Waals surface area contributed by atoms with Crippen LogP contribution in [-0.2, 0) is 61.1 Å². The predicted octanol–water partition coefficient (Wildman–Crippen LogP) is 6.09. The van der Waals surface area contributed by atoms with Crippen molar-refractivity contribution >= 4 is 39.6 Å². The number of Topliss-reactive ketones (excluding diaryl/α,β-unsaturated/α-hetero) is 1. The maximum absolute atomic E-state index is 13.0. The summed E-state index contributed by atoms with van der Waals surface area (Å²) in [7, 11) is -4.00. The molecule has 0 atom stereocenters. The van der Waals surface area contributed by atoms with E-state index in [1.807, 2.05) is 32.9 Å². The number of carbonyl (C=O) groups is 4. The molecule has 0 saturated carbocycles. The number of benzene rings is 2. The largest absolute Gasteiger partial charge is 0.489 e. The van der Waals surface area contributed by atoms with Gasteiger partial charge in [0.2, 0.25) is 5.95 Å². The Labute approximate surface area is 371 Å². The first-order valence-corrected chi connectivity index (χ1v) is 22.9. The average Bonchev–Trinajstić information content (AvgIpc) is 3.24. The molecule has 0 radical (unpaired) electrons. The van der Waals surface area contributed by atoms with E-state index in [0.717, 1.165) is 49.8 Å². The fourth-order valence-corrected chi connectivity index (χ4v) is 6.76. The number of carboxylic acid groups (broad SMARTS) is 1. The maximum atomic E-state index is 13.0. The number of hydrogen-bond donors (Lipinski definition) is 3. The summed E-state index contributed by atoms with van der Waals surface area (Å²) in [4.78, 5) is 54.5. The van der Waals surface area contributed by atoms with Gasteiger partial charge in [-0.05, 0) is 81.8 Å². The second-order valence-corrected chi connectivity index (χ2v) is 17.3. The smallest absolute Gasteiger partial charge is 0.329 e. The zero-order valence-electron chi connectivity index (χ0n) is 36.8. The van der Waals surface area contributed by atoms with Gasteiger partial charge >= 0.3 is 11.9 Å². The molecule has 63 heavy (non-hydrogen) atoms. The molecule has 1 heterocycles. The first-order valence-electron chi connectivity index (χ1n) is 21.4. The maximum Gasteiger partial charge on any atom is 0.329 e. The van der Waals surface area contributed by atoms with Crippen LogP contribution in [0.2, 0.25) is 0 Å². The van der Waals surface area contributed by atoms with Gasteiger partial charge in [0.25, 0.3) is 15.9 Å². The van der Waals surface area contributed by atoms with Gasteiger partial charge in [-0.3, -0.25) is 14.4 Å². The standard InChI is InChI=1S/C45H64N4O13S/c1-45(2,3)62-42(53)14-10-8-6-4-5-7-9-12-35-15-19-39(20-16-35)61-32-36-17-21-40(22-18-36)63(55,56)49-44-47-30-37(31-48-44)43(54)46-23-25-58-27-28-59-33-38(50)13-11-24-57-26-29-60-34-41(51)52/h15-22,30-31H,4-14,23-29,32-34H2,1-3H3,(H,46,54)(H,51,52)(H,47,48,49). The Kier molecular flexibility index (Phi) is 24.4. The summed E-state index contributed by atoms with van der Waals surface area (Å²) in [6, 6.07) is 14.3. The highest BCUT2D eigenvalue weighted by Gasteiger charge is 2.17. The molecule has 3 aromatic rings. The molecule has 18 heteroatoms. The van der Waals surface area contributed by atoms with E-state index in [2.05, 4.69) is 32.1 Å². The fraction of sp³-hybridized carbons (Fsp3) is 0.556. The van der Waals surface area contributed by atoms with Crippen LogP contribution in [0.5, 0.6) is 5.75 Å². The van der Waals surface area contributed by atoms with Crippen LogP contribution in [0.25, 0.3) is 0 Å². The summed E-state index contributed by atoms with van der Waals surface area (Å²) in [5.41, 5.74) is 1.74. The predicted molar refractivity (Wildman–Crippen MR) is 234 cm³/mol. The van der Waals surface area contributed by atoms with Crippen molar-refractivity contribution in [1.29, 1.82) is 0 Å². The number of esters is 1. The van der Waals surface area contributed by atoms with Crippen LogP contribution in [0, 0.1) is 0 Å². The van der Waals surface area contributed by atoms with Crippen molar-refractivity contribution in [3.8, 4) is 5.75 Å². The zero-order chi connectivity index (χ0) is 45.8. The second-order valence-electron chi connectivity index (χ2n) is 15.7. The Balaban J connectivity index is 1.23. The molecule has 3 N–H and O–H groups in total. The molecule has 3 rings (SSSR count). The van der Waals surface area contributed by atoms with Crippen molar-refractivity contribution in [2.75, 3.05) is 64.1 Å². The van der Waals surface area contributed by atoms with Crippen LogP contribution >= 0.6 is 0 Å². The van der Waals surface area contributed by atoms with Crippen molar-refractivity contribution < 1.29 is 61.1 Å². The van der Waals surface area contributed by atoms with Gasteiger partial charge in [0.15, 0.2) is 5.78 Å². The second kappa shape index (κ2) is 29.4. The van der Waals surface area contributed by atoms with Crippen molar-refractivity contribution in [3.05, 3.63) is 77.6 Å². The van der Waals surface area contributed by atoms with Crippen LogP contribution in [-0.4, -0.2) is 112 Å². The topological polar surface area (TPSA) is 228 Å². The number of nitrogens with one attached hydrogen (secondary N) is 2. The number of sulfonamides is 1. The molecular weight excluding hydrogens is 837 g/mol. The lowest BCUT2D eigenvalue weighted by atomic mass is 10.0. The molecule has 0 saturated heterocycles. The van der Waals surface area contributed by atoms with Crippen LogP contribution < -0.4 is 14.8 Å². The normalized spacial score (nSPS) is 11.5. The minimum atomic E-state index is -4.00. The number of aryl methyl sites for hydroxylation is 1. The molecule has 0 unspecified atom stereocenters. The Morgan fingerprint density at radius 3 is 1.90 bits per heavy atom. The van der Waals surface area contributed by atoms with Gasteiger partial charge in [-0.25, -0.2) is 27.9 Å². The number of unbranched alkanes of at least 4 members (excludes halogenated alkanes) is 6. The van der Waals surface area contributed by atoms with E-state index in [4.69, 9.17) is 33.5 Å². The third-order valence-electron chi connectivity index (χ3n) is 8.98. The summed E-state index contributed by atoms with van der Waals surface area (Å²) < 4.78 is 60.4. The molecule has 2 aromatic carbocycles. The molecule has 0 fully saturated rings. The number of ether oxygens (including phenoxy) is 6. The number of nitrogens with zero attached hydrogens (tertiary/aromatic N) is 2. The van der Waals surface area contributed by atoms with E-state index in [0.29, 0.717) is 19.4 Å². The van der Waals surface area contributed by atoms with Crippen molar-refractivity contribution in [2.45, 2.75) is 109 Å². The average molecular weight is 901 g/mol. The number of anilines is 1. The van der Waals surface area contributed by atoms with Crippen molar-refractivity contribution in [3.63, 3.8) is 0 Å². The Hall–Kier alpha value is -5.01. The van der Waals surface area contributed by atoms with E-state index >= 15 is 0 Å². The van der Waals surface area contributed by atoms with Gasteiger partial charge in [0.05, 0.1) is 43.5 Å². The Morgan fingerprint density at radius 2 is 1.25 bits per heavy atom. The van der Waals surface area contributed by atoms with E-state index in [9.17, 15) is 27.6 Å². The molecule has 17 nitrogen and oxygen atoms in total. The Morgan fingerprint density at radius 1 is 0.667 bits per heavy atom.